The van der Waals surface area contributed by atoms with Gasteiger partial charge in [0.25, 0.3) is 0 Å². The van der Waals surface area contributed by atoms with Crippen LogP contribution in [0.2, 0.25) is 0 Å². The quantitative estimate of drug-likeness (QED) is 0.709. The molecule has 82 valence electrons. The second-order valence-corrected chi connectivity index (χ2v) is 4.98. The van der Waals surface area contributed by atoms with Gasteiger partial charge in [0.2, 0.25) is 0 Å². The SMILES string of the molecule is CN1CCC(C(N)CN2CCCC2)C1. The van der Waals surface area contributed by atoms with Gasteiger partial charge < -0.3 is 15.5 Å². The van der Waals surface area contributed by atoms with Gasteiger partial charge in [0.1, 0.15) is 0 Å². The number of likely N-dealkylation sites (tertiary alicyclic amines) is 2. The topological polar surface area (TPSA) is 32.5 Å². The summed E-state index contributed by atoms with van der Waals surface area (Å²) in [7, 11) is 2.20. The van der Waals surface area contributed by atoms with E-state index in [0.717, 1.165) is 12.5 Å². The first-order valence-electron chi connectivity index (χ1n) is 5.92. The van der Waals surface area contributed by atoms with Gasteiger partial charge in [-0.15, -0.1) is 0 Å². The highest BCUT2D eigenvalue weighted by Gasteiger charge is 2.27. The molecule has 14 heavy (non-hydrogen) atoms. The van der Waals surface area contributed by atoms with E-state index in [-0.39, 0.29) is 0 Å². The first-order chi connectivity index (χ1) is 6.75. The number of nitrogens with zero attached hydrogens (tertiary/aromatic N) is 2. The highest BCUT2D eigenvalue weighted by atomic mass is 15.2. The van der Waals surface area contributed by atoms with E-state index in [0.29, 0.717) is 6.04 Å². The Morgan fingerprint density at radius 1 is 1.29 bits per heavy atom. The minimum atomic E-state index is 0.401. The summed E-state index contributed by atoms with van der Waals surface area (Å²) in [5.74, 6) is 0.737. The lowest BCUT2D eigenvalue weighted by Gasteiger charge is -2.24. The van der Waals surface area contributed by atoms with Crippen LogP contribution < -0.4 is 5.73 Å². The smallest absolute Gasteiger partial charge is 0.0209 e. The number of hydrogen-bond acceptors (Lipinski definition) is 3. The van der Waals surface area contributed by atoms with Gasteiger partial charge in [0.05, 0.1) is 0 Å². The molecule has 2 heterocycles. The molecule has 0 spiro atoms. The van der Waals surface area contributed by atoms with Crippen LogP contribution in [-0.2, 0) is 0 Å². The summed E-state index contributed by atoms with van der Waals surface area (Å²) in [5.41, 5.74) is 6.25. The van der Waals surface area contributed by atoms with Gasteiger partial charge in [-0.1, -0.05) is 0 Å². The summed E-state index contributed by atoms with van der Waals surface area (Å²) in [4.78, 5) is 4.93. The third-order valence-corrected chi connectivity index (χ3v) is 3.70. The van der Waals surface area contributed by atoms with Crippen LogP contribution in [0.1, 0.15) is 19.3 Å². The Hall–Kier alpha value is -0.120. The van der Waals surface area contributed by atoms with Crippen LogP contribution in [0.5, 0.6) is 0 Å². The van der Waals surface area contributed by atoms with E-state index in [1.54, 1.807) is 0 Å². The Morgan fingerprint density at radius 3 is 2.57 bits per heavy atom. The Morgan fingerprint density at radius 2 is 2.00 bits per heavy atom. The molecule has 0 amide bonds. The van der Waals surface area contributed by atoms with E-state index in [1.807, 2.05) is 0 Å². The lowest BCUT2D eigenvalue weighted by molar-refractivity contribution is 0.269. The molecule has 2 N–H and O–H groups in total. The lowest BCUT2D eigenvalue weighted by Crippen LogP contribution is -2.42. The maximum absolute atomic E-state index is 6.25. The third kappa shape index (κ3) is 2.47. The number of rotatable bonds is 3. The molecular formula is C11H23N3. The second-order valence-electron chi connectivity index (χ2n) is 4.98. The molecule has 0 aromatic heterocycles. The number of nitrogens with two attached hydrogens (primary N) is 1. The Balaban J connectivity index is 1.74. The van der Waals surface area contributed by atoms with Gasteiger partial charge in [-0.05, 0) is 51.9 Å². The van der Waals surface area contributed by atoms with Gasteiger partial charge in [-0.25, -0.2) is 0 Å². The van der Waals surface area contributed by atoms with Crippen LogP contribution in [-0.4, -0.2) is 55.6 Å². The zero-order valence-corrected chi connectivity index (χ0v) is 9.28. The van der Waals surface area contributed by atoms with Crippen LogP contribution in [0.15, 0.2) is 0 Å². The fraction of sp³-hybridized carbons (Fsp3) is 1.00. The molecule has 0 aliphatic carbocycles. The summed E-state index contributed by atoms with van der Waals surface area (Å²) < 4.78 is 0. The van der Waals surface area contributed by atoms with Crippen LogP contribution >= 0.6 is 0 Å². The highest BCUT2D eigenvalue weighted by molar-refractivity contribution is 4.84. The van der Waals surface area contributed by atoms with Crippen molar-refractivity contribution in [3.05, 3.63) is 0 Å². The molecule has 0 bridgehead atoms. The highest BCUT2D eigenvalue weighted by Crippen LogP contribution is 2.19. The van der Waals surface area contributed by atoms with Crippen LogP contribution in [0.3, 0.4) is 0 Å². The molecule has 3 nitrogen and oxygen atoms in total. The molecule has 2 fully saturated rings. The van der Waals surface area contributed by atoms with Gasteiger partial charge in [-0.3, -0.25) is 0 Å². The standard InChI is InChI=1S/C11H23N3/c1-13-7-4-10(8-13)11(12)9-14-5-2-3-6-14/h10-11H,2-9,12H2,1H3. The van der Waals surface area contributed by atoms with E-state index in [9.17, 15) is 0 Å². The van der Waals surface area contributed by atoms with Crippen molar-refractivity contribution >= 4 is 0 Å². The van der Waals surface area contributed by atoms with Gasteiger partial charge >= 0.3 is 0 Å². The number of hydrogen-bond donors (Lipinski definition) is 1. The van der Waals surface area contributed by atoms with Crippen LogP contribution in [0.4, 0.5) is 0 Å². The Labute approximate surface area is 87.2 Å². The third-order valence-electron chi connectivity index (χ3n) is 3.70. The Kier molecular flexibility index (Phi) is 3.42. The van der Waals surface area contributed by atoms with Crippen molar-refractivity contribution in [3.8, 4) is 0 Å². The van der Waals surface area contributed by atoms with Gasteiger partial charge in [0.15, 0.2) is 0 Å². The zero-order chi connectivity index (χ0) is 9.97. The molecule has 2 saturated heterocycles. The minimum Gasteiger partial charge on any atom is -0.326 e. The fourth-order valence-electron chi connectivity index (χ4n) is 2.73. The summed E-state index contributed by atoms with van der Waals surface area (Å²) in [6, 6.07) is 0.401. The predicted octanol–water partition coefficient (Wildman–Crippen LogP) is 0.361. The summed E-state index contributed by atoms with van der Waals surface area (Å²) in [6.45, 7) is 6.11. The van der Waals surface area contributed by atoms with Crippen molar-refractivity contribution in [2.24, 2.45) is 11.7 Å². The van der Waals surface area contributed by atoms with E-state index >= 15 is 0 Å². The van der Waals surface area contributed by atoms with Gasteiger partial charge in [0, 0.05) is 19.1 Å². The molecule has 2 aliphatic rings. The fourth-order valence-corrected chi connectivity index (χ4v) is 2.73. The first kappa shape index (κ1) is 10.4. The molecule has 2 atom stereocenters. The minimum absolute atomic E-state index is 0.401. The van der Waals surface area contributed by atoms with E-state index in [4.69, 9.17) is 5.73 Å². The summed E-state index contributed by atoms with van der Waals surface area (Å²) in [5, 5.41) is 0. The van der Waals surface area contributed by atoms with E-state index in [1.165, 1.54) is 45.4 Å². The molecule has 2 unspecified atom stereocenters. The van der Waals surface area contributed by atoms with Crippen molar-refractivity contribution in [2.75, 3.05) is 39.8 Å². The Bertz CT molecular complexity index is 177. The average molecular weight is 197 g/mol. The average Bonchev–Trinajstić information content (AvgIpc) is 2.75. The first-order valence-corrected chi connectivity index (χ1v) is 5.92. The zero-order valence-electron chi connectivity index (χ0n) is 9.28. The van der Waals surface area contributed by atoms with Crippen LogP contribution in [0.25, 0.3) is 0 Å². The monoisotopic (exact) mass is 197 g/mol. The maximum Gasteiger partial charge on any atom is 0.0209 e. The van der Waals surface area contributed by atoms with E-state index < -0.39 is 0 Å². The normalized spacial score (nSPS) is 32.6. The molecular weight excluding hydrogens is 174 g/mol. The van der Waals surface area contributed by atoms with Crippen molar-refractivity contribution in [3.63, 3.8) is 0 Å². The molecule has 2 rings (SSSR count). The summed E-state index contributed by atoms with van der Waals surface area (Å²) in [6.07, 6.45) is 4.04. The molecule has 3 heteroatoms. The summed E-state index contributed by atoms with van der Waals surface area (Å²) >= 11 is 0. The van der Waals surface area contributed by atoms with Gasteiger partial charge in [-0.2, -0.15) is 0 Å². The molecule has 0 radical (unpaired) electrons. The van der Waals surface area contributed by atoms with Crippen LogP contribution in [0, 0.1) is 5.92 Å². The van der Waals surface area contributed by atoms with Crippen molar-refractivity contribution < 1.29 is 0 Å². The maximum atomic E-state index is 6.25. The second kappa shape index (κ2) is 4.60. The van der Waals surface area contributed by atoms with Crippen molar-refractivity contribution in [2.45, 2.75) is 25.3 Å². The van der Waals surface area contributed by atoms with Crippen molar-refractivity contribution in [1.29, 1.82) is 0 Å². The molecule has 0 aromatic carbocycles. The van der Waals surface area contributed by atoms with E-state index in [2.05, 4.69) is 16.8 Å². The molecule has 0 aromatic rings. The largest absolute Gasteiger partial charge is 0.326 e. The molecule has 2 aliphatic heterocycles. The lowest BCUT2D eigenvalue weighted by atomic mass is 9.99. The molecule has 0 saturated carbocycles. The predicted molar refractivity (Wildman–Crippen MR) is 59.3 cm³/mol. The van der Waals surface area contributed by atoms with Crippen molar-refractivity contribution in [1.82, 2.24) is 9.80 Å².